The van der Waals surface area contributed by atoms with Crippen LogP contribution in [0.3, 0.4) is 0 Å². The third-order valence-corrected chi connectivity index (χ3v) is 3.52. The number of aliphatic imine (C=N–C) groups is 1. The fraction of sp³-hybridized carbons (Fsp3) is 0.368. The highest BCUT2D eigenvalue weighted by Gasteiger charge is 1.99. The monoisotopic (exact) mass is 341 g/mol. The van der Waals surface area contributed by atoms with Crippen molar-refractivity contribution in [3.05, 3.63) is 59.9 Å². The van der Waals surface area contributed by atoms with Gasteiger partial charge in [-0.1, -0.05) is 18.2 Å². The average Bonchev–Trinajstić information content (AvgIpc) is 2.66. The van der Waals surface area contributed by atoms with Gasteiger partial charge < -0.3 is 20.7 Å². The van der Waals surface area contributed by atoms with Gasteiger partial charge in [0.15, 0.2) is 5.96 Å². The van der Waals surface area contributed by atoms with Crippen LogP contribution in [-0.4, -0.2) is 37.7 Å². The number of benzene rings is 1. The molecule has 0 amide bonds. The fourth-order valence-electron chi connectivity index (χ4n) is 2.21. The first kappa shape index (κ1) is 18.7. The molecule has 0 atom stereocenters. The van der Waals surface area contributed by atoms with Crippen LogP contribution in [0.15, 0.2) is 53.7 Å². The second kappa shape index (κ2) is 11.0. The zero-order valence-corrected chi connectivity index (χ0v) is 15.0. The van der Waals surface area contributed by atoms with Gasteiger partial charge >= 0.3 is 0 Å². The summed E-state index contributed by atoms with van der Waals surface area (Å²) >= 11 is 0. The predicted molar refractivity (Wildman–Crippen MR) is 103 cm³/mol. The number of aromatic nitrogens is 1. The van der Waals surface area contributed by atoms with E-state index in [0.717, 1.165) is 36.0 Å². The molecule has 0 aliphatic heterocycles. The molecule has 0 saturated heterocycles. The highest BCUT2D eigenvalue weighted by molar-refractivity contribution is 5.79. The number of nitrogens with zero attached hydrogens (tertiary/aromatic N) is 2. The van der Waals surface area contributed by atoms with E-state index in [2.05, 4.69) is 57.1 Å². The lowest BCUT2D eigenvalue weighted by Crippen LogP contribution is -2.36. The molecule has 1 aromatic heterocycles. The van der Waals surface area contributed by atoms with E-state index in [1.54, 1.807) is 13.3 Å². The highest BCUT2D eigenvalue weighted by Crippen LogP contribution is 2.10. The number of hydrogen-bond acceptors (Lipinski definition) is 4. The van der Waals surface area contributed by atoms with E-state index in [4.69, 9.17) is 4.74 Å². The van der Waals surface area contributed by atoms with Gasteiger partial charge in [-0.2, -0.15) is 0 Å². The zero-order valence-electron chi connectivity index (χ0n) is 15.0. The SMILES string of the molecule is CCNC(=NCc1ccc(NCCOC)cc1)NCc1ccccn1. The number of guanidine groups is 1. The molecule has 6 heteroatoms. The van der Waals surface area contributed by atoms with Crippen molar-refractivity contribution in [1.29, 1.82) is 0 Å². The Hall–Kier alpha value is -2.60. The Labute approximate surface area is 149 Å². The van der Waals surface area contributed by atoms with Crippen molar-refractivity contribution < 1.29 is 4.74 Å². The summed E-state index contributed by atoms with van der Waals surface area (Å²) in [6, 6.07) is 14.2. The van der Waals surface area contributed by atoms with Gasteiger partial charge in [-0.05, 0) is 36.8 Å². The average molecular weight is 341 g/mol. The predicted octanol–water partition coefficient (Wildman–Crippen LogP) is 2.40. The minimum Gasteiger partial charge on any atom is -0.383 e. The number of pyridine rings is 1. The summed E-state index contributed by atoms with van der Waals surface area (Å²) in [6.45, 7) is 5.63. The van der Waals surface area contributed by atoms with Crippen molar-refractivity contribution in [1.82, 2.24) is 15.6 Å². The van der Waals surface area contributed by atoms with Crippen molar-refractivity contribution in [3.8, 4) is 0 Å². The van der Waals surface area contributed by atoms with Crippen LogP contribution < -0.4 is 16.0 Å². The van der Waals surface area contributed by atoms with E-state index >= 15 is 0 Å². The molecule has 25 heavy (non-hydrogen) atoms. The van der Waals surface area contributed by atoms with Crippen LogP contribution in [0, 0.1) is 0 Å². The van der Waals surface area contributed by atoms with Crippen molar-refractivity contribution >= 4 is 11.6 Å². The molecule has 0 aliphatic rings. The van der Waals surface area contributed by atoms with Crippen molar-refractivity contribution in [2.24, 2.45) is 4.99 Å². The third kappa shape index (κ3) is 7.22. The highest BCUT2D eigenvalue weighted by atomic mass is 16.5. The lowest BCUT2D eigenvalue weighted by molar-refractivity contribution is 0.211. The topological polar surface area (TPSA) is 70.6 Å². The second-order valence-electron chi connectivity index (χ2n) is 5.49. The van der Waals surface area contributed by atoms with Crippen LogP contribution >= 0.6 is 0 Å². The summed E-state index contributed by atoms with van der Waals surface area (Å²) < 4.78 is 5.03. The molecule has 0 spiro atoms. The van der Waals surface area contributed by atoms with E-state index in [1.807, 2.05) is 18.2 Å². The summed E-state index contributed by atoms with van der Waals surface area (Å²) in [5.74, 6) is 0.787. The van der Waals surface area contributed by atoms with Gasteiger partial charge in [0.25, 0.3) is 0 Å². The van der Waals surface area contributed by atoms with Crippen LogP contribution in [-0.2, 0) is 17.8 Å². The van der Waals surface area contributed by atoms with Crippen LogP contribution in [0.2, 0.25) is 0 Å². The van der Waals surface area contributed by atoms with Crippen LogP contribution in [0.25, 0.3) is 0 Å². The van der Waals surface area contributed by atoms with Gasteiger partial charge in [0.1, 0.15) is 0 Å². The number of rotatable bonds is 9. The maximum absolute atomic E-state index is 5.03. The van der Waals surface area contributed by atoms with Gasteiger partial charge in [0.2, 0.25) is 0 Å². The molecule has 3 N–H and O–H groups in total. The van der Waals surface area contributed by atoms with Gasteiger partial charge in [0, 0.05) is 32.1 Å². The zero-order chi connectivity index (χ0) is 17.7. The largest absolute Gasteiger partial charge is 0.383 e. The van der Waals surface area contributed by atoms with Crippen molar-refractivity contribution in [3.63, 3.8) is 0 Å². The quantitative estimate of drug-likeness (QED) is 0.371. The smallest absolute Gasteiger partial charge is 0.191 e. The molecule has 1 heterocycles. The van der Waals surface area contributed by atoms with E-state index in [-0.39, 0.29) is 0 Å². The lowest BCUT2D eigenvalue weighted by atomic mass is 10.2. The van der Waals surface area contributed by atoms with E-state index in [1.165, 1.54) is 0 Å². The number of nitrogens with one attached hydrogen (secondary N) is 3. The Balaban J connectivity index is 1.87. The molecule has 0 aliphatic carbocycles. The lowest BCUT2D eigenvalue weighted by Gasteiger charge is -2.11. The van der Waals surface area contributed by atoms with Crippen molar-refractivity contribution in [2.45, 2.75) is 20.0 Å². The van der Waals surface area contributed by atoms with Gasteiger partial charge in [-0.3, -0.25) is 4.98 Å². The first-order valence-electron chi connectivity index (χ1n) is 8.55. The summed E-state index contributed by atoms with van der Waals surface area (Å²) in [5.41, 5.74) is 3.23. The molecule has 134 valence electrons. The number of hydrogen-bond donors (Lipinski definition) is 3. The van der Waals surface area contributed by atoms with Gasteiger partial charge in [-0.25, -0.2) is 4.99 Å². The fourth-order valence-corrected chi connectivity index (χ4v) is 2.21. The van der Waals surface area contributed by atoms with Crippen LogP contribution in [0.4, 0.5) is 5.69 Å². The minimum atomic E-state index is 0.621. The van der Waals surface area contributed by atoms with Crippen LogP contribution in [0.1, 0.15) is 18.2 Å². The molecule has 0 unspecified atom stereocenters. The molecule has 0 fully saturated rings. The summed E-state index contributed by atoms with van der Waals surface area (Å²) in [5, 5.41) is 9.86. The third-order valence-electron chi connectivity index (χ3n) is 3.52. The number of anilines is 1. The first-order chi connectivity index (χ1) is 12.3. The summed E-state index contributed by atoms with van der Waals surface area (Å²) in [6.07, 6.45) is 1.79. The van der Waals surface area contributed by atoms with Gasteiger partial charge in [0.05, 0.1) is 25.4 Å². The Bertz CT molecular complexity index is 628. The maximum Gasteiger partial charge on any atom is 0.191 e. The molecule has 6 nitrogen and oxygen atoms in total. The van der Waals surface area contributed by atoms with Gasteiger partial charge in [-0.15, -0.1) is 0 Å². The Morgan fingerprint density at radius 1 is 1.12 bits per heavy atom. The van der Waals surface area contributed by atoms with Crippen molar-refractivity contribution in [2.75, 3.05) is 32.1 Å². The Morgan fingerprint density at radius 2 is 1.96 bits per heavy atom. The molecule has 2 aromatic rings. The molecule has 2 rings (SSSR count). The molecule has 0 bridgehead atoms. The standard InChI is InChI=1S/C19H27N5O/c1-3-20-19(24-15-18-6-4-5-11-21-18)23-14-16-7-9-17(10-8-16)22-12-13-25-2/h4-11,22H,3,12-15H2,1-2H3,(H2,20,23,24). The molecule has 1 aromatic carbocycles. The van der Waals surface area contributed by atoms with Crippen LogP contribution in [0.5, 0.6) is 0 Å². The number of ether oxygens (including phenoxy) is 1. The summed E-state index contributed by atoms with van der Waals surface area (Å²) in [4.78, 5) is 8.94. The second-order valence-corrected chi connectivity index (χ2v) is 5.49. The normalized spacial score (nSPS) is 11.2. The van der Waals surface area contributed by atoms with E-state index in [9.17, 15) is 0 Å². The first-order valence-corrected chi connectivity index (χ1v) is 8.55. The Morgan fingerprint density at radius 3 is 2.64 bits per heavy atom. The molecule has 0 radical (unpaired) electrons. The minimum absolute atomic E-state index is 0.621. The van der Waals surface area contributed by atoms with E-state index < -0.39 is 0 Å². The maximum atomic E-state index is 5.03. The molecular formula is C19H27N5O. The molecule has 0 saturated carbocycles. The Kier molecular flexibility index (Phi) is 8.27. The molecular weight excluding hydrogens is 314 g/mol. The number of methoxy groups -OCH3 is 1. The summed E-state index contributed by atoms with van der Waals surface area (Å²) in [7, 11) is 1.70. The van der Waals surface area contributed by atoms with E-state index in [0.29, 0.717) is 19.7 Å².